The zero-order valence-corrected chi connectivity index (χ0v) is 13.2. The van der Waals surface area contributed by atoms with Gasteiger partial charge in [0, 0.05) is 5.02 Å². The predicted octanol–water partition coefficient (Wildman–Crippen LogP) is 3.95. The van der Waals surface area contributed by atoms with E-state index in [1.165, 1.54) is 29.5 Å². The second-order valence-corrected chi connectivity index (χ2v) is 6.58. The number of phenols is 1. The summed E-state index contributed by atoms with van der Waals surface area (Å²) in [6.07, 6.45) is 0. The first-order valence-electron chi connectivity index (χ1n) is 5.59. The number of aromatic amines is 1. The molecule has 3 aromatic rings. The number of H-pyrrole nitrogens is 1. The lowest BCUT2D eigenvalue weighted by Crippen LogP contribution is -2.16. The van der Waals surface area contributed by atoms with E-state index < -0.39 is 5.69 Å². The molecule has 2 heterocycles. The van der Waals surface area contributed by atoms with Crippen LogP contribution < -0.4 is 5.69 Å². The largest absolute Gasteiger partial charge is 0.506 e. The Morgan fingerprint density at radius 3 is 2.67 bits per heavy atom. The van der Waals surface area contributed by atoms with Crippen LogP contribution in [0, 0.1) is 0 Å². The average molecular weight is 363 g/mol. The van der Waals surface area contributed by atoms with Crippen LogP contribution in [0.2, 0.25) is 14.4 Å². The molecule has 5 nitrogen and oxygen atoms in total. The number of hydrogen-bond acceptors (Lipinski definition) is 4. The van der Waals surface area contributed by atoms with Crippen molar-refractivity contribution in [2.75, 3.05) is 0 Å². The first-order chi connectivity index (χ1) is 9.95. The summed E-state index contributed by atoms with van der Waals surface area (Å²) in [5.41, 5.74) is -0.350. The maximum Gasteiger partial charge on any atom is 0.348 e. The highest BCUT2D eigenvalue weighted by Crippen LogP contribution is 2.36. The van der Waals surface area contributed by atoms with Gasteiger partial charge in [-0.1, -0.05) is 34.8 Å². The van der Waals surface area contributed by atoms with Gasteiger partial charge in [0.1, 0.15) is 11.4 Å². The molecular formula is C12H6Cl3N3O2S. The number of benzene rings is 1. The number of thiophene rings is 1. The molecule has 0 bridgehead atoms. The van der Waals surface area contributed by atoms with Gasteiger partial charge in [0.05, 0.1) is 14.2 Å². The van der Waals surface area contributed by atoms with Gasteiger partial charge in [-0.25, -0.2) is 4.79 Å². The molecule has 0 fully saturated rings. The lowest BCUT2D eigenvalue weighted by molar-refractivity contribution is 0.470. The van der Waals surface area contributed by atoms with E-state index in [4.69, 9.17) is 34.8 Å². The first-order valence-corrected chi connectivity index (χ1v) is 7.54. The van der Waals surface area contributed by atoms with Crippen LogP contribution in [0.15, 0.2) is 29.1 Å². The second kappa shape index (κ2) is 5.38. The summed E-state index contributed by atoms with van der Waals surface area (Å²) in [7, 11) is 0. The lowest BCUT2D eigenvalue weighted by atomic mass is 10.3. The summed E-state index contributed by atoms with van der Waals surface area (Å²) >= 11 is 19.0. The van der Waals surface area contributed by atoms with Gasteiger partial charge in [-0.3, -0.25) is 4.98 Å². The zero-order chi connectivity index (χ0) is 15.1. The Balaban J connectivity index is 2.16. The normalized spacial score (nSPS) is 11.0. The molecule has 0 unspecified atom stereocenters. The number of phenolic OH excluding ortho intramolecular Hbond substituents is 1. The quantitative estimate of drug-likeness (QED) is 0.725. The van der Waals surface area contributed by atoms with E-state index in [-0.39, 0.29) is 17.3 Å². The molecule has 108 valence electrons. The Kier molecular flexibility index (Phi) is 3.71. The van der Waals surface area contributed by atoms with Crippen molar-refractivity contribution in [1.82, 2.24) is 14.8 Å². The minimum atomic E-state index is -0.525. The lowest BCUT2D eigenvalue weighted by Gasteiger charge is -2.02. The fourth-order valence-corrected chi connectivity index (χ4v) is 3.42. The number of rotatable bonds is 2. The standard InChI is InChI=1S/C12H6Cl3N3O2S/c13-5-1-2-8(19)7(3-5)18-12(20)16-11(17-18)10-6(14)4-9(15)21-10/h1-4,19H,(H,16,17,20). The maximum absolute atomic E-state index is 12.0. The third-order valence-corrected chi connectivity index (χ3v) is 4.57. The SMILES string of the molecule is O=c1[nH]c(-c2sc(Cl)cc2Cl)nn1-c1cc(Cl)ccc1O. The smallest absolute Gasteiger partial charge is 0.348 e. The van der Waals surface area contributed by atoms with Crippen molar-refractivity contribution in [2.24, 2.45) is 0 Å². The minimum absolute atomic E-state index is 0.116. The Morgan fingerprint density at radius 1 is 1.24 bits per heavy atom. The topological polar surface area (TPSA) is 70.9 Å². The fourth-order valence-electron chi connectivity index (χ4n) is 1.76. The first kappa shape index (κ1) is 14.5. The van der Waals surface area contributed by atoms with Gasteiger partial charge in [0.25, 0.3) is 0 Å². The second-order valence-electron chi connectivity index (χ2n) is 4.05. The highest BCUT2D eigenvalue weighted by molar-refractivity contribution is 7.20. The molecule has 3 rings (SSSR count). The summed E-state index contributed by atoms with van der Waals surface area (Å²) in [5, 5.41) is 14.7. The Morgan fingerprint density at radius 2 is 2.00 bits per heavy atom. The van der Waals surface area contributed by atoms with Crippen LogP contribution in [0.5, 0.6) is 5.75 Å². The number of aromatic nitrogens is 3. The fraction of sp³-hybridized carbons (Fsp3) is 0. The molecule has 0 spiro atoms. The Bertz CT molecular complexity index is 884. The van der Waals surface area contributed by atoms with Crippen molar-refractivity contribution in [2.45, 2.75) is 0 Å². The molecule has 2 N–H and O–H groups in total. The summed E-state index contributed by atoms with van der Waals surface area (Å²) in [6.45, 7) is 0. The van der Waals surface area contributed by atoms with Crippen molar-refractivity contribution < 1.29 is 5.11 Å². The van der Waals surface area contributed by atoms with Gasteiger partial charge >= 0.3 is 5.69 Å². The molecular weight excluding hydrogens is 357 g/mol. The van der Waals surface area contributed by atoms with Crippen LogP contribution in [-0.2, 0) is 0 Å². The van der Waals surface area contributed by atoms with Crippen LogP contribution in [0.4, 0.5) is 0 Å². The highest BCUT2D eigenvalue weighted by atomic mass is 35.5. The number of hydrogen-bond donors (Lipinski definition) is 2. The van der Waals surface area contributed by atoms with Crippen molar-refractivity contribution in [3.63, 3.8) is 0 Å². The van der Waals surface area contributed by atoms with Crippen molar-refractivity contribution in [3.8, 4) is 22.1 Å². The number of nitrogens with one attached hydrogen (secondary N) is 1. The molecule has 0 saturated carbocycles. The predicted molar refractivity (Wildman–Crippen MR) is 84.2 cm³/mol. The van der Waals surface area contributed by atoms with E-state index in [2.05, 4.69) is 10.1 Å². The molecule has 0 aliphatic carbocycles. The Labute approximate surface area is 137 Å². The zero-order valence-electron chi connectivity index (χ0n) is 10.1. The molecule has 0 radical (unpaired) electrons. The van der Waals surface area contributed by atoms with Crippen LogP contribution in [0.3, 0.4) is 0 Å². The van der Waals surface area contributed by atoms with Crippen molar-refractivity contribution >= 4 is 46.1 Å². The van der Waals surface area contributed by atoms with E-state index in [9.17, 15) is 9.90 Å². The van der Waals surface area contributed by atoms with Gasteiger partial charge in [-0.05, 0) is 24.3 Å². The van der Waals surface area contributed by atoms with Crippen LogP contribution in [0.1, 0.15) is 0 Å². The van der Waals surface area contributed by atoms with E-state index in [0.29, 0.717) is 19.3 Å². The van der Waals surface area contributed by atoms with E-state index >= 15 is 0 Å². The molecule has 0 amide bonds. The third kappa shape index (κ3) is 2.67. The number of halogens is 3. The molecule has 9 heteroatoms. The van der Waals surface area contributed by atoms with Crippen LogP contribution >= 0.6 is 46.1 Å². The molecule has 0 aliphatic rings. The van der Waals surface area contributed by atoms with E-state index in [1.807, 2.05) is 0 Å². The number of nitrogens with zero attached hydrogens (tertiary/aromatic N) is 2. The summed E-state index contributed by atoms with van der Waals surface area (Å²) in [6, 6.07) is 5.89. The van der Waals surface area contributed by atoms with Gasteiger partial charge in [-0.2, -0.15) is 4.68 Å². The van der Waals surface area contributed by atoms with Crippen molar-refractivity contribution in [1.29, 1.82) is 0 Å². The third-order valence-electron chi connectivity index (χ3n) is 2.66. The average Bonchev–Trinajstić information content (AvgIpc) is 2.95. The maximum atomic E-state index is 12.0. The minimum Gasteiger partial charge on any atom is -0.506 e. The van der Waals surface area contributed by atoms with Crippen LogP contribution in [-0.4, -0.2) is 19.9 Å². The van der Waals surface area contributed by atoms with E-state index in [1.54, 1.807) is 6.07 Å². The Hall–Kier alpha value is -1.47. The molecule has 1 aromatic carbocycles. The van der Waals surface area contributed by atoms with Crippen molar-refractivity contribution in [3.05, 3.63) is 49.1 Å². The molecule has 21 heavy (non-hydrogen) atoms. The van der Waals surface area contributed by atoms with Gasteiger partial charge in [0.2, 0.25) is 0 Å². The number of aromatic hydroxyl groups is 1. The monoisotopic (exact) mass is 361 g/mol. The summed E-state index contributed by atoms with van der Waals surface area (Å²) in [4.78, 5) is 15.1. The van der Waals surface area contributed by atoms with E-state index in [0.717, 1.165) is 4.68 Å². The molecule has 2 aromatic heterocycles. The van der Waals surface area contributed by atoms with Gasteiger partial charge in [0.15, 0.2) is 5.82 Å². The summed E-state index contributed by atoms with van der Waals surface area (Å²) in [5.74, 6) is 0.149. The summed E-state index contributed by atoms with van der Waals surface area (Å²) < 4.78 is 1.50. The molecule has 0 atom stereocenters. The highest BCUT2D eigenvalue weighted by Gasteiger charge is 2.16. The van der Waals surface area contributed by atoms with Gasteiger partial charge < -0.3 is 5.11 Å². The molecule has 0 saturated heterocycles. The van der Waals surface area contributed by atoms with Crippen LogP contribution in [0.25, 0.3) is 16.4 Å². The van der Waals surface area contributed by atoms with Gasteiger partial charge in [-0.15, -0.1) is 16.4 Å². The molecule has 0 aliphatic heterocycles.